The summed E-state index contributed by atoms with van der Waals surface area (Å²) in [6, 6.07) is 1.48. The van der Waals surface area contributed by atoms with Crippen LogP contribution in [0.5, 0.6) is 0 Å². The molecule has 9 heteroatoms. The number of aromatic nitrogens is 3. The van der Waals surface area contributed by atoms with Crippen LogP contribution in [0.1, 0.15) is 17.3 Å². The lowest BCUT2D eigenvalue weighted by Gasteiger charge is -2.04. The van der Waals surface area contributed by atoms with Crippen LogP contribution in [0.25, 0.3) is 20.4 Å². The molecule has 108 valence electrons. The number of nitrogens with two attached hydrogens (primary N) is 1. The Labute approximate surface area is 120 Å². The number of nitrogens with one attached hydrogen (secondary N) is 2. The number of esters is 1. The second-order valence-electron chi connectivity index (χ2n) is 4.21. The maximum atomic E-state index is 11.8. The zero-order valence-electron chi connectivity index (χ0n) is 10.9. The molecule has 3 aromatic heterocycles. The van der Waals surface area contributed by atoms with Gasteiger partial charge >= 0.3 is 11.7 Å². The van der Waals surface area contributed by atoms with Crippen molar-refractivity contribution in [2.45, 2.75) is 6.92 Å². The van der Waals surface area contributed by atoms with E-state index >= 15 is 0 Å². The van der Waals surface area contributed by atoms with Crippen LogP contribution in [-0.2, 0) is 4.74 Å². The molecule has 3 aromatic rings. The first-order valence-corrected chi connectivity index (χ1v) is 6.85. The highest BCUT2D eigenvalue weighted by molar-refractivity contribution is 7.25. The number of rotatable bonds is 2. The molecule has 0 fully saturated rings. The van der Waals surface area contributed by atoms with Crippen LogP contribution in [0, 0.1) is 0 Å². The summed E-state index contributed by atoms with van der Waals surface area (Å²) in [5.74, 6) is -0.581. The van der Waals surface area contributed by atoms with Gasteiger partial charge in [0.1, 0.15) is 20.9 Å². The maximum Gasteiger partial charge on any atom is 0.341 e. The maximum absolute atomic E-state index is 11.8. The average molecular weight is 306 g/mol. The molecule has 0 aliphatic heterocycles. The Morgan fingerprint density at radius 2 is 2.19 bits per heavy atom. The Morgan fingerprint density at radius 3 is 2.90 bits per heavy atom. The van der Waals surface area contributed by atoms with E-state index in [0.717, 1.165) is 11.3 Å². The van der Waals surface area contributed by atoms with E-state index in [9.17, 15) is 14.4 Å². The Balaban J connectivity index is 2.38. The van der Waals surface area contributed by atoms with Crippen molar-refractivity contribution in [3.8, 4) is 0 Å². The van der Waals surface area contributed by atoms with E-state index < -0.39 is 17.2 Å². The lowest BCUT2D eigenvalue weighted by Crippen LogP contribution is -2.20. The number of nitrogen functional groups attached to an aromatic ring is 1. The van der Waals surface area contributed by atoms with Crippen molar-refractivity contribution in [2.24, 2.45) is 0 Å². The van der Waals surface area contributed by atoms with Crippen LogP contribution in [0.4, 0.5) is 5.82 Å². The normalized spacial score (nSPS) is 11.1. The van der Waals surface area contributed by atoms with E-state index in [1.807, 2.05) is 0 Å². The lowest BCUT2D eigenvalue weighted by molar-refractivity contribution is 0.0527. The first kappa shape index (κ1) is 13.3. The number of hydrogen-bond acceptors (Lipinski definition) is 7. The van der Waals surface area contributed by atoms with E-state index in [2.05, 4.69) is 15.0 Å². The third-order valence-corrected chi connectivity index (χ3v) is 3.98. The van der Waals surface area contributed by atoms with Crippen LogP contribution in [-0.4, -0.2) is 27.5 Å². The smallest absolute Gasteiger partial charge is 0.341 e. The molecule has 4 N–H and O–H groups in total. The molecule has 3 rings (SSSR count). The molecule has 0 amide bonds. The summed E-state index contributed by atoms with van der Waals surface area (Å²) < 4.78 is 5.22. The Bertz CT molecular complexity index is 984. The Morgan fingerprint density at radius 1 is 1.43 bits per heavy atom. The minimum atomic E-state index is -0.623. The molecule has 0 unspecified atom stereocenters. The number of nitrogens with zero attached hydrogens (tertiary/aromatic N) is 1. The van der Waals surface area contributed by atoms with Crippen molar-refractivity contribution in [2.75, 3.05) is 12.3 Å². The predicted molar refractivity (Wildman–Crippen MR) is 78.7 cm³/mol. The van der Waals surface area contributed by atoms with Crippen molar-refractivity contribution in [3.05, 3.63) is 32.5 Å². The van der Waals surface area contributed by atoms with Crippen molar-refractivity contribution >= 4 is 43.6 Å². The fourth-order valence-corrected chi connectivity index (χ4v) is 3.01. The van der Waals surface area contributed by atoms with Crippen molar-refractivity contribution in [1.82, 2.24) is 15.0 Å². The topological polar surface area (TPSA) is 131 Å². The molecule has 0 radical (unpaired) electrons. The number of fused-ring (bicyclic) bond motifs is 3. The quantitative estimate of drug-likeness (QED) is 0.594. The number of carbonyl (C=O) groups is 1. The highest BCUT2D eigenvalue weighted by atomic mass is 32.1. The van der Waals surface area contributed by atoms with Gasteiger partial charge in [-0.2, -0.15) is 0 Å². The van der Waals surface area contributed by atoms with E-state index in [4.69, 9.17) is 10.5 Å². The lowest BCUT2D eigenvalue weighted by atomic mass is 10.2. The van der Waals surface area contributed by atoms with Gasteiger partial charge in [0.2, 0.25) is 0 Å². The van der Waals surface area contributed by atoms with Gasteiger partial charge in [-0.15, -0.1) is 11.3 Å². The molecule has 8 nitrogen and oxygen atoms in total. The van der Waals surface area contributed by atoms with Crippen LogP contribution >= 0.6 is 11.3 Å². The number of aromatic amines is 2. The molecular formula is C12H10N4O4S. The van der Waals surface area contributed by atoms with Gasteiger partial charge in [-0.1, -0.05) is 0 Å². The van der Waals surface area contributed by atoms with Crippen LogP contribution in [0.15, 0.2) is 15.7 Å². The summed E-state index contributed by atoms with van der Waals surface area (Å²) in [4.78, 5) is 44.2. The molecule has 0 atom stereocenters. The molecule has 0 aromatic carbocycles. The summed E-state index contributed by atoms with van der Waals surface area (Å²) in [5.41, 5.74) is 5.05. The molecule has 0 saturated carbocycles. The Hall–Kier alpha value is -2.68. The summed E-state index contributed by atoms with van der Waals surface area (Å²) in [6.45, 7) is 1.88. The second-order valence-corrected chi connectivity index (χ2v) is 5.21. The summed E-state index contributed by atoms with van der Waals surface area (Å²) in [7, 11) is 0. The molecule has 0 aliphatic carbocycles. The summed E-state index contributed by atoms with van der Waals surface area (Å²) >= 11 is 1.09. The van der Waals surface area contributed by atoms with Gasteiger partial charge in [0.05, 0.1) is 12.1 Å². The van der Waals surface area contributed by atoms with Crippen molar-refractivity contribution in [3.63, 3.8) is 0 Å². The first-order valence-electron chi connectivity index (χ1n) is 6.03. The molecule has 3 heterocycles. The first-order chi connectivity index (χ1) is 10.0. The molecular weight excluding hydrogens is 296 g/mol. The third kappa shape index (κ3) is 2.07. The second kappa shape index (κ2) is 4.70. The zero-order valence-corrected chi connectivity index (χ0v) is 11.7. The van der Waals surface area contributed by atoms with Gasteiger partial charge in [0.15, 0.2) is 0 Å². The average Bonchev–Trinajstić information content (AvgIpc) is 2.76. The van der Waals surface area contributed by atoms with Gasteiger partial charge in [-0.05, 0) is 13.0 Å². The number of ether oxygens (including phenoxy) is 1. The largest absolute Gasteiger partial charge is 0.462 e. The van der Waals surface area contributed by atoms with Gasteiger partial charge in [0.25, 0.3) is 5.56 Å². The minimum absolute atomic E-state index is 0.0197. The van der Waals surface area contributed by atoms with E-state index in [-0.39, 0.29) is 18.0 Å². The number of H-pyrrole nitrogens is 2. The number of carbonyl (C=O) groups excluding carboxylic acids is 1. The Kier molecular flexibility index (Phi) is 2.98. The van der Waals surface area contributed by atoms with Gasteiger partial charge in [0, 0.05) is 5.39 Å². The van der Waals surface area contributed by atoms with Gasteiger partial charge < -0.3 is 15.5 Å². The van der Waals surface area contributed by atoms with Crippen molar-refractivity contribution < 1.29 is 9.53 Å². The fourth-order valence-electron chi connectivity index (χ4n) is 2.00. The molecule has 0 spiro atoms. The van der Waals surface area contributed by atoms with Gasteiger partial charge in [-0.3, -0.25) is 9.78 Å². The molecule has 0 saturated heterocycles. The van der Waals surface area contributed by atoms with Crippen LogP contribution < -0.4 is 17.0 Å². The third-order valence-electron chi connectivity index (χ3n) is 2.88. The van der Waals surface area contributed by atoms with E-state index in [1.54, 1.807) is 6.92 Å². The van der Waals surface area contributed by atoms with E-state index in [1.165, 1.54) is 6.07 Å². The number of thiophene rings is 1. The summed E-state index contributed by atoms with van der Waals surface area (Å²) in [6.07, 6.45) is 0. The standard InChI is InChI=1S/C12H10N4O4S/c1-2-20-11(18)5-3-4-6-7(9(17)16-12(19)14-6)21-10(4)15-8(5)13/h3H,2H2,1H3,(H2,13,15)(H2,14,16,17,19). The number of pyridine rings is 1. The zero-order chi connectivity index (χ0) is 15.1. The minimum Gasteiger partial charge on any atom is -0.462 e. The van der Waals surface area contributed by atoms with Crippen molar-refractivity contribution in [1.29, 1.82) is 0 Å². The van der Waals surface area contributed by atoms with Crippen LogP contribution in [0.2, 0.25) is 0 Å². The van der Waals surface area contributed by atoms with Crippen LogP contribution in [0.3, 0.4) is 0 Å². The molecule has 0 bridgehead atoms. The van der Waals surface area contributed by atoms with E-state index in [0.29, 0.717) is 20.4 Å². The SMILES string of the molecule is CCOC(=O)c1cc2c(nc1N)sc1c(=O)[nH]c(=O)[nH]c12. The number of anilines is 1. The highest BCUT2D eigenvalue weighted by Gasteiger charge is 2.17. The predicted octanol–water partition coefficient (Wildman–Crippen LogP) is 0.585. The monoisotopic (exact) mass is 306 g/mol. The fraction of sp³-hybridized carbons (Fsp3) is 0.167. The highest BCUT2D eigenvalue weighted by Crippen LogP contribution is 2.30. The molecule has 0 aliphatic rings. The summed E-state index contributed by atoms with van der Waals surface area (Å²) in [5, 5.41) is 0.482. The van der Waals surface area contributed by atoms with Gasteiger partial charge in [-0.25, -0.2) is 14.6 Å². The molecule has 21 heavy (non-hydrogen) atoms. The number of hydrogen-bond donors (Lipinski definition) is 3.